The molecule has 1 aromatic rings. The van der Waals surface area contributed by atoms with Gasteiger partial charge in [-0.2, -0.15) is 5.10 Å². The topological polar surface area (TPSA) is 89.0 Å². The maximum absolute atomic E-state index is 11.3. The van der Waals surface area contributed by atoms with Crippen molar-refractivity contribution in [2.45, 2.75) is 19.4 Å². The van der Waals surface area contributed by atoms with Gasteiger partial charge in [-0.15, -0.1) is 0 Å². The largest absolute Gasteiger partial charge is 0.490 e. The molecule has 1 saturated heterocycles. The number of ether oxygens (including phenoxy) is 2. The second-order valence-electron chi connectivity index (χ2n) is 5.38. The van der Waals surface area contributed by atoms with Crippen molar-refractivity contribution < 1.29 is 19.1 Å². The Balaban J connectivity index is 1.60. The maximum atomic E-state index is 11.3. The van der Waals surface area contributed by atoms with Crippen molar-refractivity contribution in [2.75, 3.05) is 13.2 Å². The molecular weight excluding hydrogens is 286 g/mol. The number of nitrogens with zero attached hydrogens (tertiary/aromatic N) is 1. The Hall–Kier alpha value is -2.57. The molecule has 2 heterocycles. The van der Waals surface area contributed by atoms with Gasteiger partial charge in [0, 0.05) is 12.3 Å². The van der Waals surface area contributed by atoms with Crippen LogP contribution in [0.4, 0.5) is 4.79 Å². The first-order valence-electron chi connectivity index (χ1n) is 7.16. The predicted octanol–water partition coefficient (Wildman–Crippen LogP) is 1.03. The van der Waals surface area contributed by atoms with Crippen molar-refractivity contribution >= 4 is 17.7 Å². The molecule has 0 radical (unpaired) electrons. The number of hydrogen-bond acceptors (Lipinski definition) is 5. The molecule has 22 heavy (non-hydrogen) atoms. The number of nitrogens with one attached hydrogen (secondary N) is 2. The fraction of sp³-hybridized carbons (Fsp3) is 0.400. The SMILES string of the molecule is CC1CC(=O)NN=C1c1ccc(OCC2CNC(=O)O2)cc1. The molecule has 1 fully saturated rings. The van der Waals surface area contributed by atoms with Gasteiger partial charge in [-0.25, -0.2) is 10.2 Å². The van der Waals surface area contributed by atoms with Crippen LogP contribution in [0.5, 0.6) is 5.75 Å². The Morgan fingerprint density at radius 2 is 2.09 bits per heavy atom. The second kappa shape index (κ2) is 6.05. The lowest BCUT2D eigenvalue weighted by molar-refractivity contribution is -0.121. The van der Waals surface area contributed by atoms with Crippen LogP contribution in [0, 0.1) is 5.92 Å². The minimum Gasteiger partial charge on any atom is -0.490 e. The molecule has 2 aliphatic rings. The maximum Gasteiger partial charge on any atom is 0.407 e. The van der Waals surface area contributed by atoms with Crippen LogP contribution >= 0.6 is 0 Å². The summed E-state index contributed by atoms with van der Waals surface area (Å²) in [7, 11) is 0. The number of amides is 2. The van der Waals surface area contributed by atoms with Gasteiger partial charge in [0.15, 0.2) is 6.10 Å². The van der Waals surface area contributed by atoms with E-state index < -0.39 is 6.09 Å². The Bertz CT molecular complexity index is 612. The van der Waals surface area contributed by atoms with E-state index in [1.54, 1.807) is 0 Å². The highest BCUT2D eigenvalue weighted by atomic mass is 16.6. The second-order valence-corrected chi connectivity index (χ2v) is 5.38. The molecule has 116 valence electrons. The monoisotopic (exact) mass is 303 g/mol. The normalized spacial score (nSPS) is 24.1. The molecule has 7 heteroatoms. The summed E-state index contributed by atoms with van der Waals surface area (Å²) in [4.78, 5) is 22.2. The van der Waals surface area contributed by atoms with Crippen LogP contribution in [0.1, 0.15) is 18.9 Å². The minimum atomic E-state index is -0.407. The standard InChI is InChI=1S/C15H17N3O4/c1-9-6-13(19)17-18-14(9)10-2-4-11(5-3-10)21-8-12-7-16-15(20)22-12/h2-5,9,12H,6-8H2,1H3,(H,16,20)(H,17,19). The number of cyclic esters (lactones) is 1. The average Bonchev–Trinajstić information content (AvgIpc) is 2.92. The summed E-state index contributed by atoms with van der Waals surface area (Å²) in [6.07, 6.45) is -0.225. The smallest absolute Gasteiger partial charge is 0.407 e. The lowest BCUT2D eigenvalue weighted by Gasteiger charge is -2.19. The fourth-order valence-corrected chi connectivity index (χ4v) is 2.44. The van der Waals surface area contributed by atoms with E-state index in [-0.39, 0.29) is 17.9 Å². The van der Waals surface area contributed by atoms with Gasteiger partial charge in [0.05, 0.1) is 12.3 Å². The van der Waals surface area contributed by atoms with Gasteiger partial charge < -0.3 is 14.8 Å². The van der Waals surface area contributed by atoms with Crippen LogP contribution in [0.2, 0.25) is 0 Å². The van der Waals surface area contributed by atoms with Crippen LogP contribution in [0.15, 0.2) is 29.4 Å². The van der Waals surface area contributed by atoms with Crippen molar-refractivity contribution in [3.8, 4) is 5.75 Å². The first kappa shape index (κ1) is 14.4. The molecule has 7 nitrogen and oxygen atoms in total. The highest BCUT2D eigenvalue weighted by molar-refractivity contribution is 6.05. The lowest BCUT2D eigenvalue weighted by atomic mass is 9.94. The molecule has 3 rings (SSSR count). The van der Waals surface area contributed by atoms with Crippen LogP contribution in [-0.2, 0) is 9.53 Å². The highest BCUT2D eigenvalue weighted by Crippen LogP contribution is 2.19. The summed E-state index contributed by atoms with van der Waals surface area (Å²) in [6.45, 7) is 2.75. The molecule has 0 aromatic heterocycles. The molecule has 2 amide bonds. The molecule has 0 saturated carbocycles. The predicted molar refractivity (Wildman–Crippen MR) is 78.7 cm³/mol. The third-order valence-electron chi connectivity index (χ3n) is 3.59. The van der Waals surface area contributed by atoms with Gasteiger partial charge in [0.2, 0.25) is 5.91 Å². The Labute approximate surface area is 127 Å². The van der Waals surface area contributed by atoms with Crippen LogP contribution in [-0.4, -0.2) is 37.0 Å². The fourth-order valence-electron chi connectivity index (χ4n) is 2.44. The van der Waals surface area contributed by atoms with Gasteiger partial charge in [-0.3, -0.25) is 4.79 Å². The summed E-state index contributed by atoms with van der Waals surface area (Å²) in [5.41, 5.74) is 4.32. The molecule has 2 N–H and O–H groups in total. The Kier molecular flexibility index (Phi) is 3.95. The molecule has 0 spiro atoms. The zero-order valence-electron chi connectivity index (χ0n) is 12.2. The summed E-state index contributed by atoms with van der Waals surface area (Å²) in [6, 6.07) is 7.48. The van der Waals surface area contributed by atoms with Crippen molar-refractivity contribution in [1.82, 2.24) is 10.7 Å². The highest BCUT2D eigenvalue weighted by Gasteiger charge is 2.23. The summed E-state index contributed by atoms with van der Waals surface area (Å²) >= 11 is 0. The third-order valence-corrected chi connectivity index (χ3v) is 3.59. The Morgan fingerprint density at radius 1 is 1.32 bits per heavy atom. The van der Waals surface area contributed by atoms with Crippen molar-refractivity contribution in [3.05, 3.63) is 29.8 Å². The van der Waals surface area contributed by atoms with Crippen molar-refractivity contribution in [2.24, 2.45) is 11.0 Å². The van der Waals surface area contributed by atoms with Crippen molar-refractivity contribution in [1.29, 1.82) is 0 Å². The Morgan fingerprint density at radius 3 is 2.73 bits per heavy atom. The van der Waals surface area contributed by atoms with Crippen molar-refractivity contribution in [3.63, 3.8) is 0 Å². The van der Waals surface area contributed by atoms with E-state index in [1.165, 1.54) is 0 Å². The zero-order chi connectivity index (χ0) is 15.5. The number of benzene rings is 1. The van der Waals surface area contributed by atoms with E-state index >= 15 is 0 Å². The molecule has 2 unspecified atom stereocenters. The summed E-state index contributed by atoms with van der Waals surface area (Å²) in [5, 5.41) is 6.69. The van der Waals surface area contributed by atoms with Crippen LogP contribution in [0.3, 0.4) is 0 Å². The quantitative estimate of drug-likeness (QED) is 0.869. The lowest BCUT2D eigenvalue weighted by Crippen LogP contribution is -2.31. The minimum absolute atomic E-state index is 0.0593. The molecule has 0 bridgehead atoms. The van der Waals surface area contributed by atoms with Gasteiger partial charge in [-0.1, -0.05) is 6.92 Å². The number of rotatable bonds is 4. The summed E-state index contributed by atoms with van der Waals surface area (Å²) in [5.74, 6) is 0.722. The molecule has 2 atom stereocenters. The van der Waals surface area contributed by atoms with Gasteiger partial charge in [0.1, 0.15) is 12.4 Å². The number of hydrogen-bond donors (Lipinski definition) is 2. The van der Waals surface area contributed by atoms with E-state index in [0.29, 0.717) is 25.3 Å². The van der Waals surface area contributed by atoms with Gasteiger partial charge >= 0.3 is 6.09 Å². The summed E-state index contributed by atoms with van der Waals surface area (Å²) < 4.78 is 10.6. The van der Waals surface area contributed by atoms with E-state index in [0.717, 1.165) is 11.3 Å². The van der Waals surface area contributed by atoms with E-state index in [9.17, 15) is 9.59 Å². The molecular formula is C15H17N3O4. The first-order valence-corrected chi connectivity index (χ1v) is 7.16. The third kappa shape index (κ3) is 3.19. The van der Waals surface area contributed by atoms with Gasteiger partial charge in [-0.05, 0) is 29.8 Å². The number of carbonyl (C=O) groups is 2. The number of carbonyl (C=O) groups excluding carboxylic acids is 2. The number of hydrazone groups is 1. The average molecular weight is 303 g/mol. The van der Waals surface area contributed by atoms with Crippen LogP contribution in [0.25, 0.3) is 0 Å². The molecule has 0 aliphatic carbocycles. The van der Waals surface area contributed by atoms with E-state index in [4.69, 9.17) is 9.47 Å². The number of alkyl carbamates (subject to hydrolysis) is 1. The van der Waals surface area contributed by atoms with Gasteiger partial charge in [0.25, 0.3) is 0 Å². The first-order chi connectivity index (χ1) is 10.6. The van der Waals surface area contributed by atoms with E-state index in [1.807, 2.05) is 31.2 Å². The van der Waals surface area contributed by atoms with Crippen LogP contribution < -0.4 is 15.5 Å². The molecule has 1 aromatic carbocycles. The zero-order valence-corrected chi connectivity index (χ0v) is 12.2. The van der Waals surface area contributed by atoms with E-state index in [2.05, 4.69) is 15.8 Å². The molecule has 2 aliphatic heterocycles.